The Morgan fingerprint density at radius 3 is 2.57 bits per heavy atom. The van der Waals surface area contributed by atoms with E-state index in [1.807, 2.05) is 32.9 Å². The van der Waals surface area contributed by atoms with Gasteiger partial charge in [0.25, 0.3) is 5.24 Å². The smallest absolute Gasteiger partial charge is 0.289 e. The lowest BCUT2D eigenvalue weighted by atomic mass is 10.1. The summed E-state index contributed by atoms with van der Waals surface area (Å²) >= 11 is 1.07. The first-order chi connectivity index (χ1) is 14.4. The Balaban J connectivity index is 1.71. The summed E-state index contributed by atoms with van der Waals surface area (Å²) < 4.78 is 25.3. The van der Waals surface area contributed by atoms with E-state index in [1.54, 1.807) is 24.3 Å². The number of nitrogens with zero attached hydrogens (tertiary/aromatic N) is 1. The fourth-order valence-corrected chi connectivity index (χ4v) is 4.25. The quantitative estimate of drug-likeness (QED) is 0.555. The van der Waals surface area contributed by atoms with Gasteiger partial charge in [0.15, 0.2) is 11.5 Å². The molecule has 2 aromatic rings. The summed E-state index contributed by atoms with van der Waals surface area (Å²) in [5, 5.41) is -0.621. The second-order valence-corrected chi connectivity index (χ2v) is 8.67. The number of imide groups is 1. The zero-order valence-electron chi connectivity index (χ0n) is 17.4. The second-order valence-electron chi connectivity index (χ2n) is 7.51. The van der Waals surface area contributed by atoms with Gasteiger partial charge in [0.2, 0.25) is 5.91 Å². The van der Waals surface area contributed by atoms with E-state index in [2.05, 4.69) is 0 Å². The Labute approximate surface area is 180 Å². The maximum atomic E-state index is 13.8. The molecule has 5 nitrogen and oxygen atoms in total. The van der Waals surface area contributed by atoms with E-state index < -0.39 is 5.25 Å². The molecule has 0 unspecified atom stereocenters. The fourth-order valence-electron chi connectivity index (χ4n) is 3.21. The van der Waals surface area contributed by atoms with Crippen molar-refractivity contribution in [3.63, 3.8) is 0 Å². The van der Waals surface area contributed by atoms with Gasteiger partial charge in [-0.1, -0.05) is 49.9 Å². The molecular formula is C23H26FNO4S. The summed E-state index contributed by atoms with van der Waals surface area (Å²) in [6.07, 6.45) is 0.428. The van der Waals surface area contributed by atoms with Crippen molar-refractivity contribution in [1.82, 2.24) is 4.90 Å². The Bertz CT molecular complexity index is 918. The average molecular weight is 432 g/mol. The van der Waals surface area contributed by atoms with Crippen molar-refractivity contribution in [3.8, 4) is 11.5 Å². The van der Waals surface area contributed by atoms with Gasteiger partial charge >= 0.3 is 0 Å². The molecule has 1 saturated heterocycles. The van der Waals surface area contributed by atoms with Crippen molar-refractivity contribution in [1.29, 1.82) is 0 Å². The first kappa shape index (κ1) is 22.2. The van der Waals surface area contributed by atoms with E-state index in [1.165, 1.54) is 11.0 Å². The van der Waals surface area contributed by atoms with E-state index in [-0.39, 0.29) is 29.5 Å². The van der Waals surface area contributed by atoms with Crippen molar-refractivity contribution in [2.24, 2.45) is 5.92 Å². The van der Waals surface area contributed by atoms with Gasteiger partial charge in [-0.3, -0.25) is 14.5 Å². The molecule has 30 heavy (non-hydrogen) atoms. The highest BCUT2D eigenvalue weighted by Crippen LogP contribution is 2.34. The number of carbonyl (C=O) groups is 2. The topological polar surface area (TPSA) is 55.8 Å². The maximum Gasteiger partial charge on any atom is 0.289 e. The summed E-state index contributed by atoms with van der Waals surface area (Å²) in [5.74, 6) is 0.808. The number of hydrogen-bond acceptors (Lipinski definition) is 5. The van der Waals surface area contributed by atoms with Gasteiger partial charge in [-0.05, 0) is 43.0 Å². The molecule has 0 aliphatic carbocycles. The summed E-state index contributed by atoms with van der Waals surface area (Å²) in [7, 11) is 0. The molecule has 1 heterocycles. The molecular weight excluding hydrogens is 405 g/mol. The molecule has 1 aliphatic rings. The first-order valence-corrected chi connectivity index (χ1v) is 10.9. The monoisotopic (exact) mass is 431 g/mol. The highest BCUT2D eigenvalue weighted by molar-refractivity contribution is 8.15. The molecule has 0 spiro atoms. The molecule has 1 fully saturated rings. The van der Waals surface area contributed by atoms with Crippen LogP contribution >= 0.6 is 11.8 Å². The van der Waals surface area contributed by atoms with E-state index in [4.69, 9.17) is 9.47 Å². The number of halogens is 1. The van der Waals surface area contributed by atoms with Crippen LogP contribution in [0.3, 0.4) is 0 Å². The Hall–Kier alpha value is -2.54. The molecule has 0 saturated carbocycles. The number of ether oxygens (including phenoxy) is 2. The van der Waals surface area contributed by atoms with Gasteiger partial charge in [-0.25, -0.2) is 4.39 Å². The molecule has 0 N–H and O–H groups in total. The zero-order valence-corrected chi connectivity index (χ0v) is 18.2. The van der Waals surface area contributed by atoms with Crippen LogP contribution in [0, 0.1) is 11.7 Å². The first-order valence-electron chi connectivity index (χ1n) is 10.0. The summed E-state index contributed by atoms with van der Waals surface area (Å²) in [6, 6.07) is 11.9. The minimum absolute atomic E-state index is 0.0850. The second kappa shape index (κ2) is 9.98. The molecule has 0 bridgehead atoms. The molecule has 0 aromatic heterocycles. The van der Waals surface area contributed by atoms with E-state index in [0.717, 1.165) is 17.3 Å². The summed E-state index contributed by atoms with van der Waals surface area (Å²) in [6.45, 7) is 6.79. The number of carbonyl (C=O) groups excluding carboxylic acids is 2. The van der Waals surface area contributed by atoms with Crippen molar-refractivity contribution in [2.75, 3.05) is 13.2 Å². The minimum atomic E-state index is -0.434. The predicted molar refractivity (Wildman–Crippen MR) is 115 cm³/mol. The number of hydrogen-bond donors (Lipinski definition) is 0. The molecule has 160 valence electrons. The fraction of sp³-hybridized carbons (Fsp3) is 0.391. The third-order valence-corrected chi connectivity index (χ3v) is 5.70. The van der Waals surface area contributed by atoms with Gasteiger partial charge < -0.3 is 9.47 Å². The van der Waals surface area contributed by atoms with Crippen molar-refractivity contribution in [2.45, 2.75) is 39.0 Å². The van der Waals surface area contributed by atoms with Crippen molar-refractivity contribution in [3.05, 3.63) is 59.4 Å². The minimum Gasteiger partial charge on any atom is -0.490 e. The SMILES string of the molecule is CCOc1cc(C[C@H]2SC(=O)N(CC(C)C)C2=O)ccc1OCc1ccccc1F. The molecule has 7 heteroatoms. The lowest BCUT2D eigenvalue weighted by Gasteiger charge is -2.16. The van der Waals surface area contributed by atoms with Crippen LogP contribution in [0.25, 0.3) is 0 Å². The number of benzene rings is 2. The Morgan fingerprint density at radius 1 is 1.10 bits per heavy atom. The highest BCUT2D eigenvalue weighted by atomic mass is 32.2. The van der Waals surface area contributed by atoms with Crippen LogP contribution in [0.4, 0.5) is 9.18 Å². The van der Waals surface area contributed by atoms with Crippen LogP contribution in [0.1, 0.15) is 31.9 Å². The van der Waals surface area contributed by atoms with Crippen molar-refractivity contribution < 1.29 is 23.5 Å². The number of amides is 2. The van der Waals surface area contributed by atoms with Crippen LogP contribution in [0.15, 0.2) is 42.5 Å². The number of rotatable bonds is 9. The molecule has 3 rings (SSSR count). The van der Waals surface area contributed by atoms with Crippen LogP contribution in [-0.2, 0) is 17.8 Å². The highest BCUT2D eigenvalue weighted by Gasteiger charge is 2.39. The molecule has 1 atom stereocenters. The molecule has 1 aliphatic heterocycles. The lowest BCUT2D eigenvalue weighted by molar-refractivity contribution is -0.127. The third-order valence-electron chi connectivity index (χ3n) is 4.62. The van der Waals surface area contributed by atoms with Gasteiger partial charge in [0.1, 0.15) is 12.4 Å². The van der Waals surface area contributed by atoms with Crippen LogP contribution in [0.2, 0.25) is 0 Å². The predicted octanol–water partition coefficient (Wildman–Crippen LogP) is 5.07. The average Bonchev–Trinajstić information content (AvgIpc) is 2.96. The van der Waals surface area contributed by atoms with E-state index in [0.29, 0.717) is 36.6 Å². The van der Waals surface area contributed by atoms with E-state index in [9.17, 15) is 14.0 Å². The standard InChI is InChI=1S/C23H26FNO4S/c1-4-28-20-11-16(12-21-22(26)25(13-15(2)3)23(27)30-21)9-10-19(20)29-14-17-7-5-6-8-18(17)24/h5-11,15,21H,4,12-14H2,1-3H3/t21-/m1/s1. The lowest BCUT2D eigenvalue weighted by Crippen LogP contribution is -2.35. The molecule has 2 amide bonds. The number of thioether (sulfide) groups is 1. The van der Waals surface area contributed by atoms with Gasteiger partial charge in [0, 0.05) is 12.1 Å². The van der Waals surface area contributed by atoms with Crippen molar-refractivity contribution >= 4 is 22.9 Å². The normalized spacial score (nSPS) is 16.4. The van der Waals surface area contributed by atoms with Gasteiger partial charge in [-0.15, -0.1) is 0 Å². The van der Waals surface area contributed by atoms with Gasteiger partial charge in [0.05, 0.1) is 11.9 Å². The van der Waals surface area contributed by atoms with E-state index >= 15 is 0 Å². The van der Waals surface area contributed by atoms with Gasteiger partial charge in [-0.2, -0.15) is 0 Å². The Morgan fingerprint density at radius 2 is 1.87 bits per heavy atom. The third kappa shape index (κ3) is 5.33. The Kier molecular flexibility index (Phi) is 7.37. The van der Waals surface area contributed by atoms with Crippen LogP contribution in [0.5, 0.6) is 11.5 Å². The summed E-state index contributed by atoms with van der Waals surface area (Å²) in [5.41, 5.74) is 1.34. The molecule has 2 aromatic carbocycles. The largest absolute Gasteiger partial charge is 0.490 e. The summed E-state index contributed by atoms with van der Waals surface area (Å²) in [4.78, 5) is 26.1. The van der Waals surface area contributed by atoms with Crippen LogP contribution < -0.4 is 9.47 Å². The van der Waals surface area contributed by atoms with Crippen LogP contribution in [-0.4, -0.2) is 34.4 Å². The molecule has 0 radical (unpaired) electrons. The zero-order chi connectivity index (χ0) is 21.7. The maximum absolute atomic E-state index is 13.8.